The highest BCUT2D eigenvalue weighted by molar-refractivity contribution is 6.31. The second-order valence-corrected chi connectivity index (χ2v) is 8.97. The summed E-state index contributed by atoms with van der Waals surface area (Å²) in [6, 6.07) is 10.7. The molecule has 0 saturated heterocycles. The van der Waals surface area contributed by atoms with Crippen LogP contribution >= 0.6 is 11.6 Å². The molecule has 2 aromatic carbocycles. The quantitative estimate of drug-likeness (QED) is 0.430. The van der Waals surface area contributed by atoms with Crippen molar-refractivity contribution in [3.63, 3.8) is 0 Å². The zero-order chi connectivity index (χ0) is 25.4. The lowest BCUT2D eigenvalue weighted by Gasteiger charge is -2.23. The highest BCUT2D eigenvalue weighted by Gasteiger charge is 2.33. The van der Waals surface area contributed by atoms with E-state index in [9.17, 15) is 18.0 Å². The van der Waals surface area contributed by atoms with Crippen LogP contribution in [0.15, 0.2) is 66.6 Å². The molecule has 35 heavy (non-hydrogen) atoms. The van der Waals surface area contributed by atoms with Gasteiger partial charge in [0, 0.05) is 31.4 Å². The number of alkyl halides is 3. The molecule has 1 amide bonds. The van der Waals surface area contributed by atoms with Gasteiger partial charge in [-0.05, 0) is 81.5 Å². The van der Waals surface area contributed by atoms with Gasteiger partial charge in [0.25, 0.3) is 0 Å². The summed E-state index contributed by atoms with van der Waals surface area (Å²) in [5.74, 6) is 1.03. The highest BCUT2D eigenvalue weighted by Crippen LogP contribution is 2.36. The first-order valence-electron chi connectivity index (χ1n) is 11.3. The zero-order valence-electron chi connectivity index (χ0n) is 19.7. The summed E-state index contributed by atoms with van der Waals surface area (Å²) in [6.45, 7) is 2.79. The molecule has 0 fully saturated rings. The van der Waals surface area contributed by atoms with Crippen LogP contribution in [0, 0.1) is 0 Å². The van der Waals surface area contributed by atoms with Gasteiger partial charge in [-0.2, -0.15) is 13.2 Å². The van der Waals surface area contributed by atoms with Gasteiger partial charge < -0.3 is 19.9 Å². The van der Waals surface area contributed by atoms with Crippen molar-refractivity contribution in [3.8, 4) is 5.75 Å². The summed E-state index contributed by atoms with van der Waals surface area (Å²) < 4.78 is 45.0. The maximum absolute atomic E-state index is 13.0. The third-order valence-corrected chi connectivity index (χ3v) is 5.69. The van der Waals surface area contributed by atoms with Crippen LogP contribution < -0.4 is 10.1 Å². The smallest absolute Gasteiger partial charge is 0.417 e. The van der Waals surface area contributed by atoms with Crippen molar-refractivity contribution in [1.82, 2.24) is 9.80 Å². The minimum atomic E-state index is -4.59. The van der Waals surface area contributed by atoms with Gasteiger partial charge in [-0.25, -0.2) is 0 Å². The van der Waals surface area contributed by atoms with Gasteiger partial charge in [0.1, 0.15) is 11.5 Å². The number of halogens is 4. The summed E-state index contributed by atoms with van der Waals surface area (Å²) in [5, 5.41) is 2.09. The number of hydrogen-bond acceptors (Lipinski definition) is 4. The lowest BCUT2D eigenvalue weighted by atomic mass is 10.1. The monoisotopic (exact) mass is 507 g/mol. The third-order valence-electron chi connectivity index (χ3n) is 5.36. The standard InChI is InChI=1S/C26H29ClF3N3O2/c1-32(2)13-4-14-33-15-11-21(12-16-33)35-22-6-3-5-19(17-22)7-10-25(34)31-20-8-9-24(27)23(18-20)26(28,29)30/h3,5-6,8-9,11-12,15,17-18H,4,7,10,13-14,16H2,1-2H3,(H,31,34). The van der Waals surface area contributed by atoms with Crippen LogP contribution in [-0.2, 0) is 17.4 Å². The molecule has 1 N–H and O–H groups in total. The lowest BCUT2D eigenvalue weighted by molar-refractivity contribution is -0.137. The number of rotatable bonds is 10. The van der Waals surface area contributed by atoms with Gasteiger partial charge >= 0.3 is 6.18 Å². The van der Waals surface area contributed by atoms with E-state index < -0.39 is 16.8 Å². The van der Waals surface area contributed by atoms with Crippen LogP contribution in [0.4, 0.5) is 18.9 Å². The van der Waals surface area contributed by atoms with Crippen LogP contribution in [0.25, 0.3) is 0 Å². The van der Waals surface area contributed by atoms with Gasteiger partial charge in [-0.1, -0.05) is 23.7 Å². The van der Waals surface area contributed by atoms with Crippen molar-refractivity contribution in [2.24, 2.45) is 0 Å². The molecular formula is C26H29ClF3N3O2. The molecule has 0 bridgehead atoms. The normalized spacial score (nSPS) is 13.7. The molecule has 0 unspecified atom stereocenters. The number of ether oxygens (including phenoxy) is 1. The molecule has 3 rings (SSSR count). The van der Waals surface area contributed by atoms with Gasteiger partial charge in [0.15, 0.2) is 0 Å². The van der Waals surface area contributed by atoms with Gasteiger partial charge in [0.05, 0.1) is 10.6 Å². The highest BCUT2D eigenvalue weighted by atomic mass is 35.5. The molecule has 0 saturated carbocycles. The van der Waals surface area contributed by atoms with E-state index in [1.54, 1.807) is 0 Å². The molecule has 0 radical (unpaired) electrons. The summed E-state index contributed by atoms with van der Waals surface area (Å²) in [7, 11) is 4.12. The van der Waals surface area contributed by atoms with Crippen LogP contribution in [0.3, 0.4) is 0 Å². The lowest BCUT2D eigenvalue weighted by Crippen LogP contribution is -2.25. The summed E-state index contributed by atoms with van der Waals surface area (Å²) in [5.41, 5.74) is -0.0457. The predicted octanol–water partition coefficient (Wildman–Crippen LogP) is 5.97. The van der Waals surface area contributed by atoms with Gasteiger partial charge in [0.2, 0.25) is 5.91 Å². The van der Waals surface area contributed by atoms with Crippen LogP contribution in [0.5, 0.6) is 5.75 Å². The van der Waals surface area contributed by atoms with E-state index in [4.69, 9.17) is 16.3 Å². The van der Waals surface area contributed by atoms with Gasteiger partial charge in [-0.3, -0.25) is 4.79 Å². The average molecular weight is 508 g/mol. The molecule has 5 nitrogen and oxygen atoms in total. The van der Waals surface area contributed by atoms with E-state index in [-0.39, 0.29) is 18.0 Å². The van der Waals surface area contributed by atoms with Crippen molar-refractivity contribution in [3.05, 3.63) is 82.7 Å². The summed E-state index contributed by atoms with van der Waals surface area (Å²) in [4.78, 5) is 16.7. The van der Waals surface area contributed by atoms with E-state index in [1.165, 1.54) is 6.07 Å². The van der Waals surface area contributed by atoms with Crippen LogP contribution in [-0.4, -0.2) is 49.4 Å². The Morgan fingerprint density at radius 2 is 2.00 bits per heavy atom. The Bertz CT molecular complexity index is 1080. The fourth-order valence-electron chi connectivity index (χ4n) is 3.55. The summed E-state index contributed by atoms with van der Waals surface area (Å²) in [6.07, 6.45) is 3.00. The topological polar surface area (TPSA) is 44.8 Å². The molecule has 2 aromatic rings. The van der Waals surface area contributed by atoms with E-state index in [2.05, 4.69) is 29.2 Å². The number of aryl methyl sites for hydroxylation is 1. The predicted molar refractivity (Wildman–Crippen MR) is 132 cm³/mol. The Labute approximate surface area is 208 Å². The average Bonchev–Trinajstić information content (AvgIpc) is 2.79. The van der Waals surface area contributed by atoms with Crippen molar-refractivity contribution >= 4 is 23.2 Å². The number of anilines is 1. The molecule has 1 aliphatic rings. The first-order chi connectivity index (χ1) is 16.6. The number of allylic oxidation sites excluding steroid dienone is 1. The van der Waals surface area contributed by atoms with Crippen LogP contribution in [0.2, 0.25) is 5.02 Å². The van der Waals surface area contributed by atoms with Crippen molar-refractivity contribution < 1.29 is 22.7 Å². The number of carbonyl (C=O) groups excluding carboxylic acids is 1. The first-order valence-corrected chi connectivity index (χ1v) is 11.7. The van der Waals surface area contributed by atoms with E-state index >= 15 is 0 Å². The van der Waals surface area contributed by atoms with Crippen molar-refractivity contribution in [2.45, 2.75) is 25.4 Å². The Morgan fingerprint density at radius 1 is 1.20 bits per heavy atom. The largest absolute Gasteiger partial charge is 0.458 e. The second kappa shape index (κ2) is 12.1. The number of nitrogens with zero attached hydrogens (tertiary/aromatic N) is 2. The molecular weight excluding hydrogens is 479 g/mol. The van der Waals surface area contributed by atoms with Crippen molar-refractivity contribution in [2.75, 3.05) is 39.0 Å². The van der Waals surface area contributed by atoms with Crippen LogP contribution in [0.1, 0.15) is 24.0 Å². The SMILES string of the molecule is CN(C)CCCN1C=CC(Oc2cccc(CCC(=O)Nc3ccc(Cl)c(C(F)(F)F)c3)c2)=CC1. The Balaban J connectivity index is 1.49. The number of nitrogens with one attached hydrogen (secondary N) is 1. The number of amides is 1. The number of benzene rings is 2. The molecule has 9 heteroatoms. The molecule has 1 aliphatic heterocycles. The maximum atomic E-state index is 13.0. The van der Waals surface area contributed by atoms with E-state index in [0.29, 0.717) is 12.2 Å². The first kappa shape index (κ1) is 26.6. The maximum Gasteiger partial charge on any atom is 0.417 e. The molecule has 0 aliphatic carbocycles. The fraction of sp³-hybridized carbons (Fsp3) is 0.346. The Morgan fingerprint density at radius 3 is 2.69 bits per heavy atom. The molecule has 0 aromatic heterocycles. The minimum Gasteiger partial charge on any atom is -0.458 e. The van der Waals surface area contributed by atoms with E-state index in [1.807, 2.05) is 42.6 Å². The fourth-order valence-corrected chi connectivity index (χ4v) is 3.77. The molecule has 1 heterocycles. The number of carbonyl (C=O) groups is 1. The molecule has 188 valence electrons. The van der Waals surface area contributed by atoms with Gasteiger partial charge in [-0.15, -0.1) is 0 Å². The van der Waals surface area contributed by atoms with E-state index in [0.717, 1.165) is 49.5 Å². The summed E-state index contributed by atoms with van der Waals surface area (Å²) >= 11 is 5.62. The third kappa shape index (κ3) is 8.64. The Kier molecular flexibility index (Phi) is 9.23. The second-order valence-electron chi connectivity index (χ2n) is 8.56. The Hall–Kier alpha value is -2.97. The molecule has 0 spiro atoms. The minimum absolute atomic E-state index is 0.0515. The zero-order valence-corrected chi connectivity index (χ0v) is 20.5. The van der Waals surface area contributed by atoms with Crippen molar-refractivity contribution in [1.29, 1.82) is 0 Å². The number of hydrogen-bond donors (Lipinski definition) is 1. The molecule has 0 atom stereocenters.